The van der Waals surface area contributed by atoms with Crippen LogP contribution in [0.2, 0.25) is 0 Å². The minimum Gasteiger partial charge on any atom is -0.497 e. The minimum atomic E-state index is -3.81. The predicted molar refractivity (Wildman–Crippen MR) is 90.5 cm³/mol. The standard InChI is InChI=1S/C16H20F2N4O3S/c1-25-14-4-2-13(3-5-14)11-20-6-8-21(9-7-20)26(23,24)15-10-19-22(12-15)16(17)18/h2-5,10,12,16H,6-9,11H2,1H3. The lowest BCUT2D eigenvalue weighted by Crippen LogP contribution is -2.48. The fraction of sp³-hybridized carbons (Fsp3) is 0.438. The molecule has 2 heterocycles. The molecule has 1 aliphatic rings. The second kappa shape index (κ2) is 7.68. The van der Waals surface area contributed by atoms with Crippen LogP contribution in [-0.4, -0.2) is 60.7 Å². The molecule has 1 aliphatic heterocycles. The number of methoxy groups -OCH3 is 1. The van der Waals surface area contributed by atoms with Gasteiger partial charge in [-0.2, -0.15) is 18.2 Å². The van der Waals surface area contributed by atoms with E-state index in [2.05, 4.69) is 10.00 Å². The smallest absolute Gasteiger partial charge is 0.333 e. The summed E-state index contributed by atoms with van der Waals surface area (Å²) in [6.07, 6.45) is 1.83. The molecule has 10 heteroatoms. The first-order valence-electron chi connectivity index (χ1n) is 8.08. The van der Waals surface area contributed by atoms with Crippen LogP contribution in [0.5, 0.6) is 5.75 Å². The summed E-state index contributed by atoms with van der Waals surface area (Å²) < 4.78 is 57.1. The van der Waals surface area contributed by atoms with Crippen LogP contribution in [0, 0.1) is 0 Å². The lowest BCUT2D eigenvalue weighted by Gasteiger charge is -2.33. The number of benzene rings is 1. The molecule has 0 N–H and O–H groups in total. The number of piperazine rings is 1. The summed E-state index contributed by atoms with van der Waals surface area (Å²) >= 11 is 0. The highest BCUT2D eigenvalue weighted by Gasteiger charge is 2.30. The van der Waals surface area contributed by atoms with Gasteiger partial charge in [-0.25, -0.2) is 13.1 Å². The van der Waals surface area contributed by atoms with Crippen LogP contribution >= 0.6 is 0 Å². The van der Waals surface area contributed by atoms with E-state index >= 15 is 0 Å². The molecule has 0 radical (unpaired) electrons. The molecule has 0 unspecified atom stereocenters. The van der Waals surface area contributed by atoms with Crippen molar-refractivity contribution in [3.63, 3.8) is 0 Å². The number of rotatable bonds is 6. The number of ether oxygens (including phenoxy) is 1. The monoisotopic (exact) mass is 386 g/mol. The fourth-order valence-corrected chi connectivity index (χ4v) is 4.19. The van der Waals surface area contributed by atoms with E-state index in [0.717, 1.165) is 23.7 Å². The van der Waals surface area contributed by atoms with Crippen LogP contribution in [0.3, 0.4) is 0 Å². The van der Waals surface area contributed by atoms with Gasteiger partial charge >= 0.3 is 6.55 Å². The summed E-state index contributed by atoms with van der Waals surface area (Å²) in [4.78, 5) is 1.94. The van der Waals surface area contributed by atoms with E-state index < -0.39 is 16.6 Å². The molecule has 26 heavy (non-hydrogen) atoms. The van der Waals surface area contributed by atoms with Crippen molar-refractivity contribution in [2.45, 2.75) is 18.0 Å². The number of hydrogen-bond acceptors (Lipinski definition) is 5. The van der Waals surface area contributed by atoms with Crippen molar-refractivity contribution in [1.82, 2.24) is 19.0 Å². The molecule has 0 spiro atoms. The highest BCUT2D eigenvalue weighted by Crippen LogP contribution is 2.20. The van der Waals surface area contributed by atoms with E-state index in [0.29, 0.717) is 37.4 Å². The van der Waals surface area contributed by atoms with E-state index in [9.17, 15) is 17.2 Å². The summed E-state index contributed by atoms with van der Waals surface area (Å²) in [5, 5.41) is 3.40. The maximum atomic E-state index is 12.6. The summed E-state index contributed by atoms with van der Waals surface area (Å²) in [5.74, 6) is 0.786. The highest BCUT2D eigenvalue weighted by atomic mass is 32.2. The molecular formula is C16H20F2N4O3S. The first kappa shape index (κ1) is 18.7. The molecule has 2 aromatic rings. The summed E-state index contributed by atoms with van der Waals surface area (Å²) in [7, 11) is -2.20. The Morgan fingerprint density at radius 1 is 1.15 bits per heavy atom. The Labute approximate surface area is 150 Å². The van der Waals surface area contributed by atoms with E-state index in [-0.39, 0.29) is 4.90 Å². The first-order chi connectivity index (χ1) is 12.4. The third-order valence-corrected chi connectivity index (χ3v) is 6.16. The van der Waals surface area contributed by atoms with Gasteiger partial charge in [0, 0.05) is 32.7 Å². The van der Waals surface area contributed by atoms with Gasteiger partial charge in [0.15, 0.2) is 0 Å². The molecule has 1 fully saturated rings. The van der Waals surface area contributed by atoms with Crippen LogP contribution < -0.4 is 4.74 Å². The number of halogens is 2. The Kier molecular flexibility index (Phi) is 5.54. The molecule has 0 aliphatic carbocycles. The van der Waals surface area contributed by atoms with Gasteiger partial charge in [0.1, 0.15) is 10.6 Å². The second-order valence-electron chi connectivity index (χ2n) is 5.96. The van der Waals surface area contributed by atoms with E-state index in [1.807, 2.05) is 24.3 Å². The van der Waals surface area contributed by atoms with Crippen molar-refractivity contribution in [1.29, 1.82) is 0 Å². The number of alkyl halides is 2. The number of hydrogen-bond donors (Lipinski definition) is 0. The van der Waals surface area contributed by atoms with Gasteiger partial charge in [-0.05, 0) is 17.7 Å². The van der Waals surface area contributed by atoms with E-state index in [4.69, 9.17) is 4.74 Å². The summed E-state index contributed by atoms with van der Waals surface area (Å²) in [5.41, 5.74) is 1.11. The van der Waals surface area contributed by atoms with Crippen LogP contribution in [0.15, 0.2) is 41.6 Å². The van der Waals surface area contributed by atoms with Crippen LogP contribution in [0.25, 0.3) is 0 Å². The van der Waals surface area contributed by atoms with Gasteiger partial charge in [-0.15, -0.1) is 0 Å². The summed E-state index contributed by atoms with van der Waals surface area (Å²) in [6.45, 7) is -0.416. The SMILES string of the molecule is COc1ccc(CN2CCN(S(=O)(=O)c3cnn(C(F)F)c3)CC2)cc1. The number of aromatic nitrogens is 2. The minimum absolute atomic E-state index is 0.207. The molecule has 1 saturated heterocycles. The number of sulfonamides is 1. The first-order valence-corrected chi connectivity index (χ1v) is 9.52. The zero-order valence-corrected chi connectivity index (χ0v) is 15.1. The third kappa shape index (κ3) is 4.02. The van der Waals surface area contributed by atoms with Gasteiger partial charge in [0.05, 0.1) is 19.5 Å². The largest absolute Gasteiger partial charge is 0.497 e. The molecule has 0 saturated carbocycles. The highest BCUT2D eigenvalue weighted by molar-refractivity contribution is 7.89. The molecule has 142 valence electrons. The Balaban J connectivity index is 1.59. The summed E-state index contributed by atoms with van der Waals surface area (Å²) in [6, 6.07) is 7.72. The Morgan fingerprint density at radius 2 is 1.81 bits per heavy atom. The van der Waals surface area contributed by atoms with Crippen molar-refractivity contribution in [3.05, 3.63) is 42.2 Å². The van der Waals surface area contributed by atoms with Crippen LogP contribution in [0.4, 0.5) is 8.78 Å². The van der Waals surface area contributed by atoms with E-state index in [1.165, 1.54) is 4.31 Å². The lowest BCUT2D eigenvalue weighted by molar-refractivity contribution is 0.0563. The lowest BCUT2D eigenvalue weighted by atomic mass is 10.2. The van der Waals surface area contributed by atoms with Crippen molar-refractivity contribution in [3.8, 4) is 5.75 Å². The zero-order valence-electron chi connectivity index (χ0n) is 14.3. The van der Waals surface area contributed by atoms with Crippen molar-refractivity contribution >= 4 is 10.0 Å². The van der Waals surface area contributed by atoms with Gasteiger partial charge in [0.2, 0.25) is 10.0 Å². The topological polar surface area (TPSA) is 67.7 Å². The maximum Gasteiger partial charge on any atom is 0.333 e. The van der Waals surface area contributed by atoms with Crippen LogP contribution in [-0.2, 0) is 16.6 Å². The third-order valence-electron chi connectivity index (χ3n) is 4.31. The Hall–Kier alpha value is -2.04. The van der Waals surface area contributed by atoms with E-state index in [1.54, 1.807) is 7.11 Å². The maximum absolute atomic E-state index is 12.6. The van der Waals surface area contributed by atoms with Crippen molar-refractivity contribution in [2.24, 2.45) is 0 Å². The Morgan fingerprint density at radius 3 is 2.35 bits per heavy atom. The quantitative estimate of drug-likeness (QED) is 0.757. The normalized spacial score (nSPS) is 16.9. The van der Waals surface area contributed by atoms with Crippen LogP contribution in [0.1, 0.15) is 12.1 Å². The van der Waals surface area contributed by atoms with Crippen molar-refractivity contribution < 1.29 is 21.9 Å². The second-order valence-corrected chi connectivity index (χ2v) is 7.90. The molecule has 1 aromatic heterocycles. The number of nitrogens with zero attached hydrogens (tertiary/aromatic N) is 4. The van der Waals surface area contributed by atoms with Gasteiger partial charge in [-0.1, -0.05) is 12.1 Å². The predicted octanol–water partition coefficient (Wildman–Crippen LogP) is 1.79. The molecular weight excluding hydrogens is 366 g/mol. The molecule has 0 amide bonds. The average Bonchev–Trinajstić information content (AvgIpc) is 3.14. The van der Waals surface area contributed by atoms with Gasteiger partial charge < -0.3 is 4.74 Å². The zero-order chi connectivity index (χ0) is 18.7. The molecule has 0 atom stereocenters. The Bertz CT molecular complexity index is 831. The van der Waals surface area contributed by atoms with Crippen molar-refractivity contribution in [2.75, 3.05) is 33.3 Å². The average molecular weight is 386 g/mol. The molecule has 3 rings (SSSR count). The van der Waals surface area contributed by atoms with Gasteiger partial charge in [-0.3, -0.25) is 4.90 Å². The molecule has 1 aromatic carbocycles. The molecule has 0 bridgehead atoms. The fourth-order valence-electron chi connectivity index (χ4n) is 2.83. The molecule has 7 nitrogen and oxygen atoms in total. The van der Waals surface area contributed by atoms with Gasteiger partial charge in [0.25, 0.3) is 0 Å².